The van der Waals surface area contributed by atoms with Crippen molar-refractivity contribution in [1.29, 1.82) is 0 Å². The van der Waals surface area contributed by atoms with Crippen LogP contribution in [-0.2, 0) is 4.79 Å². The second kappa shape index (κ2) is 4.95. The molecular weight excluding hydrogens is 218 g/mol. The van der Waals surface area contributed by atoms with Crippen LogP contribution >= 0.6 is 0 Å². The third-order valence-corrected chi connectivity index (χ3v) is 2.53. The van der Waals surface area contributed by atoms with Crippen LogP contribution in [0.5, 0.6) is 0 Å². The summed E-state index contributed by atoms with van der Waals surface area (Å²) in [6.07, 6.45) is 3.59. The van der Waals surface area contributed by atoms with E-state index in [9.17, 15) is 9.59 Å². The predicted molar refractivity (Wildman–Crippen MR) is 62.5 cm³/mol. The number of amides is 2. The van der Waals surface area contributed by atoms with E-state index < -0.39 is 0 Å². The summed E-state index contributed by atoms with van der Waals surface area (Å²) in [6, 6.07) is 3.77. The summed E-state index contributed by atoms with van der Waals surface area (Å²) in [5, 5.41) is 5.36. The van der Waals surface area contributed by atoms with Gasteiger partial charge in [0.15, 0.2) is 0 Å². The first-order valence-electron chi connectivity index (χ1n) is 5.65. The van der Waals surface area contributed by atoms with Crippen LogP contribution in [-0.4, -0.2) is 29.4 Å². The monoisotopic (exact) mass is 233 g/mol. The molecule has 0 aromatic carbocycles. The van der Waals surface area contributed by atoms with Crippen molar-refractivity contribution in [2.24, 2.45) is 0 Å². The van der Waals surface area contributed by atoms with E-state index in [1.165, 1.54) is 6.20 Å². The van der Waals surface area contributed by atoms with E-state index in [1.54, 1.807) is 12.1 Å². The molecule has 2 rings (SSSR count). The molecule has 17 heavy (non-hydrogen) atoms. The lowest BCUT2D eigenvalue weighted by Crippen LogP contribution is -2.37. The zero-order valence-corrected chi connectivity index (χ0v) is 9.69. The van der Waals surface area contributed by atoms with Crippen molar-refractivity contribution < 1.29 is 9.59 Å². The van der Waals surface area contributed by atoms with Crippen molar-refractivity contribution in [2.45, 2.75) is 25.8 Å². The normalized spacial score (nSPS) is 14.2. The highest BCUT2D eigenvalue weighted by atomic mass is 16.2. The Labute approximate surface area is 99.6 Å². The molecule has 1 aromatic rings. The molecule has 2 amide bonds. The quantitative estimate of drug-likeness (QED) is 0.790. The van der Waals surface area contributed by atoms with Gasteiger partial charge in [-0.15, -0.1) is 0 Å². The van der Waals surface area contributed by atoms with E-state index in [2.05, 4.69) is 15.6 Å². The highest BCUT2D eigenvalue weighted by Gasteiger charge is 2.23. The molecule has 1 heterocycles. The van der Waals surface area contributed by atoms with Crippen LogP contribution in [0, 0.1) is 6.92 Å². The fourth-order valence-electron chi connectivity index (χ4n) is 1.37. The molecular formula is C12H15N3O2. The number of carbonyl (C=O) groups excluding carboxylic acids is 2. The first kappa shape index (κ1) is 11.6. The number of aryl methyl sites for hydroxylation is 1. The Morgan fingerprint density at radius 1 is 1.41 bits per heavy atom. The van der Waals surface area contributed by atoms with Gasteiger partial charge in [0.05, 0.1) is 12.1 Å². The number of nitrogens with one attached hydrogen (secondary N) is 2. The number of rotatable bonds is 4. The highest BCUT2D eigenvalue weighted by molar-refractivity contribution is 5.96. The smallest absolute Gasteiger partial charge is 0.253 e. The maximum Gasteiger partial charge on any atom is 0.253 e. The standard InChI is InChI=1S/C12H15N3O2/c1-8-2-3-9(6-13-8)12(17)14-7-11(16)15-10-4-5-10/h2-3,6,10H,4-5,7H2,1H3,(H,14,17)(H,15,16). The van der Waals surface area contributed by atoms with Crippen LogP contribution in [0.15, 0.2) is 18.3 Å². The second-order valence-electron chi connectivity index (χ2n) is 4.21. The zero-order chi connectivity index (χ0) is 12.3. The predicted octanol–water partition coefficient (Wildman–Crippen LogP) is 0.398. The summed E-state index contributed by atoms with van der Waals surface area (Å²) < 4.78 is 0. The van der Waals surface area contributed by atoms with Crippen LogP contribution < -0.4 is 10.6 Å². The van der Waals surface area contributed by atoms with Crippen LogP contribution in [0.4, 0.5) is 0 Å². The van der Waals surface area contributed by atoms with Gasteiger partial charge in [0, 0.05) is 17.9 Å². The summed E-state index contributed by atoms with van der Waals surface area (Å²) in [5.41, 5.74) is 1.32. The van der Waals surface area contributed by atoms with E-state index in [0.717, 1.165) is 18.5 Å². The number of carbonyl (C=O) groups is 2. The van der Waals surface area contributed by atoms with Gasteiger partial charge in [0.25, 0.3) is 5.91 Å². The lowest BCUT2D eigenvalue weighted by atomic mass is 10.2. The van der Waals surface area contributed by atoms with E-state index in [-0.39, 0.29) is 18.4 Å². The van der Waals surface area contributed by atoms with E-state index in [0.29, 0.717) is 11.6 Å². The Kier molecular flexibility index (Phi) is 3.37. The van der Waals surface area contributed by atoms with Gasteiger partial charge >= 0.3 is 0 Å². The average molecular weight is 233 g/mol. The van der Waals surface area contributed by atoms with Gasteiger partial charge in [-0.2, -0.15) is 0 Å². The molecule has 0 aliphatic heterocycles. The fourth-order valence-corrected chi connectivity index (χ4v) is 1.37. The van der Waals surface area contributed by atoms with Crippen molar-refractivity contribution in [1.82, 2.24) is 15.6 Å². The van der Waals surface area contributed by atoms with Gasteiger partial charge in [-0.3, -0.25) is 14.6 Å². The first-order chi connectivity index (χ1) is 8.15. The number of aromatic nitrogens is 1. The third-order valence-electron chi connectivity index (χ3n) is 2.53. The maximum absolute atomic E-state index is 11.6. The van der Waals surface area contributed by atoms with Crippen molar-refractivity contribution in [2.75, 3.05) is 6.54 Å². The topological polar surface area (TPSA) is 71.1 Å². The van der Waals surface area contributed by atoms with Crippen LogP contribution in [0.3, 0.4) is 0 Å². The second-order valence-corrected chi connectivity index (χ2v) is 4.21. The molecule has 0 unspecified atom stereocenters. The highest BCUT2D eigenvalue weighted by Crippen LogP contribution is 2.18. The number of hydrogen-bond acceptors (Lipinski definition) is 3. The SMILES string of the molecule is Cc1ccc(C(=O)NCC(=O)NC2CC2)cn1. The first-order valence-corrected chi connectivity index (χ1v) is 5.65. The van der Waals surface area contributed by atoms with Gasteiger partial charge in [-0.1, -0.05) is 0 Å². The molecule has 1 aromatic heterocycles. The molecule has 1 fully saturated rings. The molecule has 5 heteroatoms. The van der Waals surface area contributed by atoms with Gasteiger partial charge < -0.3 is 10.6 Å². The van der Waals surface area contributed by atoms with E-state index >= 15 is 0 Å². The molecule has 1 aliphatic rings. The third kappa shape index (κ3) is 3.55. The Balaban J connectivity index is 1.79. The minimum absolute atomic E-state index is 0.0171. The molecule has 5 nitrogen and oxygen atoms in total. The average Bonchev–Trinajstić information content (AvgIpc) is 3.11. The summed E-state index contributed by atoms with van der Waals surface area (Å²) >= 11 is 0. The molecule has 0 saturated heterocycles. The molecule has 2 N–H and O–H groups in total. The lowest BCUT2D eigenvalue weighted by Gasteiger charge is -2.05. The Hall–Kier alpha value is -1.91. The van der Waals surface area contributed by atoms with Gasteiger partial charge in [0.1, 0.15) is 0 Å². The molecule has 1 saturated carbocycles. The number of pyridine rings is 1. The zero-order valence-electron chi connectivity index (χ0n) is 9.69. The van der Waals surface area contributed by atoms with E-state index in [4.69, 9.17) is 0 Å². The lowest BCUT2D eigenvalue weighted by molar-refractivity contribution is -0.120. The van der Waals surface area contributed by atoms with Crippen molar-refractivity contribution in [3.63, 3.8) is 0 Å². The molecule has 0 spiro atoms. The van der Waals surface area contributed by atoms with Gasteiger partial charge in [-0.25, -0.2) is 0 Å². The number of nitrogens with zero attached hydrogens (tertiary/aromatic N) is 1. The van der Waals surface area contributed by atoms with Crippen LogP contribution in [0.25, 0.3) is 0 Å². The summed E-state index contributed by atoms with van der Waals surface area (Å²) in [6.45, 7) is 1.87. The largest absolute Gasteiger partial charge is 0.352 e. The maximum atomic E-state index is 11.6. The molecule has 0 atom stereocenters. The van der Waals surface area contributed by atoms with Crippen molar-refractivity contribution >= 4 is 11.8 Å². The molecule has 1 aliphatic carbocycles. The minimum atomic E-state index is -0.275. The van der Waals surface area contributed by atoms with Crippen LogP contribution in [0.1, 0.15) is 28.9 Å². The van der Waals surface area contributed by atoms with E-state index in [1.807, 2.05) is 6.92 Å². The minimum Gasteiger partial charge on any atom is -0.352 e. The Morgan fingerprint density at radius 3 is 2.76 bits per heavy atom. The Bertz CT molecular complexity index is 424. The summed E-state index contributed by atoms with van der Waals surface area (Å²) in [7, 11) is 0. The van der Waals surface area contributed by atoms with Crippen molar-refractivity contribution in [3.05, 3.63) is 29.6 Å². The fraction of sp³-hybridized carbons (Fsp3) is 0.417. The van der Waals surface area contributed by atoms with Crippen LogP contribution in [0.2, 0.25) is 0 Å². The summed E-state index contributed by atoms with van der Waals surface area (Å²) in [5.74, 6) is -0.413. The summed E-state index contributed by atoms with van der Waals surface area (Å²) in [4.78, 5) is 27.0. The number of hydrogen-bond donors (Lipinski definition) is 2. The van der Waals surface area contributed by atoms with Gasteiger partial charge in [-0.05, 0) is 31.9 Å². The molecule has 90 valence electrons. The molecule has 0 bridgehead atoms. The molecule has 0 radical (unpaired) electrons. The van der Waals surface area contributed by atoms with Gasteiger partial charge in [0.2, 0.25) is 5.91 Å². The Morgan fingerprint density at radius 2 is 2.18 bits per heavy atom. The van der Waals surface area contributed by atoms with Crippen molar-refractivity contribution in [3.8, 4) is 0 Å².